The van der Waals surface area contributed by atoms with Crippen LogP contribution >= 0.6 is 11.6 Å². The minimum Gasteiger partial charge on any atom is -0.383 e. The van der Waals surface area contributed by atoms with Gasteiger partial charge in [-0.1, -0.05) is 29.8 Å². The molecule has 6 heteroatoms. The molecular weight excluding hydrogens is 336 g/mol. The molecule has 0 aliphatic carbocycles. The Morgan fingerprint density at radius 2 is 2.04 bits per heavy atom. The van der Waals surface area contributed by atoms with Gasteiger partial charge in [0.1, 0.15) is 0 Å². The van der Waals surface area contributed by atoms with E-state index < -0.39 is 0 Å². The summed E-state index contributed by atoms with van der Waals surface area (Å²) < 4.78 is 5.16. The van der Waals surface area contributed by atoms with Crippen molar-refractivity contribution in [3.8, 4) is 0 Å². The molecule has 1 aliphatic rings. The first kappa shape index (κ1) is 20.0. The van der Waals surface area contributed by atoms with Gasteiger partial charge in [-0.2, -0.15) is 0 Å². The van der Waals surface area contributed by atoms with Crippen molar-refractivity contribution in [1.29, 1.82) is 0 Å². The highest BCUT2D eigenvalue weighted by Crippen LogP contribution is 2.16. The predicted octanol–water partition coefficient (Wildman–Crippen LogP) is 2.41. The van der Waals surface area contributed by atoms with E-state index in [0.29, 0.717) is 5.92 Å². The molecule has 0 aromatic heterocycles. The molecule has 1 aromatic rings. The first-order valence-corrected chi connectivity index (χ1v) is 9.50. The Labute approximate surface area is 156 Å². The molecule has 0 radical (unpaired) electrons. The minimum absolute atomic E-state index is 0.709. The molecule has 5 nitrogen and oxygen atoms in total. The number of nitrogens with one attached hydrogen (secondary N) is 2. The lowest BCUT2D eigenvalue weighted by Gasteiger charge is -2.32. The molecule has 0 bridgehead atoms. The predicted molar refractivity (Wildman–Crippen MR) is 106 cm³/mol. The van der Waals surface area contributed by atoms with Crippen molar-refractivity contribution in [3.63, 3.8) is 0 Å². The SMILES string of the molecule is CN=C(NCCc1ccccc1Cl)NCC1CCN(CCOC)CC1. The Balaban J connectivity index is 1.63. The van der Waals surface area contributed by atoms with Crippen LogP contribution in [0, 0.1) is 5.92 Å². The van der Waals surface area contributed by atoms with Crippen LogP contribution in [0.5, 0.6) is 0 Å². The molecule has 1 fully saturated rings. The van der Waals surface area contributed by atoms with Crippen LogP contribution in [0.3, 0.4) is 0 Å². The molecule has 1 aromatic carbocycles. The van der Waals surface area contributed by atoms with Crippen LogP contribution in [0.4, 0.5) is 0 Å². The summed E-state index contributed by atoms with van der Waals surface area (Å²) in [4.78, 5) is 6.80. The lowest BCUT2D eigenvalue weighted by Crippen LogP contribution is -2.43. The van der Waals surface area contributed by atoms with Gasteiger partial charge in [-0.05, 0) is 49.9 Å². The van der Waals surface area contributed by atoms with Crippen LogP contribution in [0.25, 0.3) is 0 Å². The number of hydrogen-bond acceptors (Lipinski definition) is 3. The van der Waals surface area contributed by atoms with E-state index in [4.69, 9.17) is 16.3 Å². The standard InChI is InChI=1S/C19H31ClN4O/c1-21-19(22-10-7-17-5-3-4-6-18(17)20)23-15-16-8-11-24(12-9-16)13-14-25-2/h3-6,16H,7-15H2,1-2H3,(H2,21,22,23). The maximum Gasteiger partial charge on any atom is 0.190 e. The molecule has 1 saturated heterocycles. The number of hydrogen-bond donors (Lipinski definition) is 2. The Kier molecular flexibility index (Phi) is 9.08. The zero-order valence-electron chi connectivity index (χ0n) is 15.4. The Hall–Kier alpha value is -1.30. The summed E-state index contributed by atoms with van der Waals surface area (Å²) in [6.45, 7) is 5.98. The second-order valence-corrected chi connectivity index (χ2v) is 6.91. The monoisotopic (exact) mass is 366 g/mol. The van der Waals surface area contributed by atoms with Gasteiger partial charge in [0.05, 0.1) is 6.61 Å². The van der Waals surface area contributed by atoms with Crippen LogP contribution in [0.15, 0.2) is 29.3 Å². The zero-order valence-corrected chi connectivity index (χ0v) is 16.2. The number of halogens is 1. The summed E-state index contributed by atoms with van der Waals surface area (Å²) in [5.74, 6) is 1.58. The molecule has 0 amide bonds. The van der Waals surface area contributed by atoms with Gasteiger partial charge < -0.3 is 20.3 Å². The van der Waals surface area contributed by atoms with E-state index in [0.717, 1.165) is 62.3 Å². The largest absolute Gasteiger partial charge is 0.383 e. The maximum absolute atomic E-state index is 6.19. The molecule has 1 heterocycles. The minimum atomic E-state index is 0.709. The number of piperidine rings is 1. The highest BCUT2D eigenvalue weighted by atomic mass is 35.5. The van der Waals surface area contributed by atoms with Crippen molar-refractivity contribution in [1.82, 2.24) is 15.5 Å². The summed E-state index contributed by atoms with van der Waals surface area (Å²) in [5.41, 5.74) is 1.16. The fourth-order valence-corrected chi connectivity index (χ4v) is 3.34. The number of ether oxygens (including phenoxy) is 1. The van der Waals surface area contributed by atoms with Gasteiger partial charge in [0, 0.05) is 38.8 Å². The molecule has 0 spiro atoms. The van der Waals surface area contributed by atoms with E-state index in [1.807, 2.05) is 25.2 Å². The second-order valence-electron chi connectivity index (χ2n) is 6.50. The summed E-state index contributed by atoms with van der Waals surface area (Å²) >= 11 is 6.19. The molecule has 140 valence electrons. The summed E-state index contributed by atoms with van der Waals surface area (Å²) in [5, 5.41) is 7.66. The molecule has 2 rings (SSSR count). The van der Waals surface area contributed by atoms with Gasteiger partial charge in [0.2, 0.25) is 0 Å². The van der Waals surface area contributed by atoms with Crippen molar-refractivity contribution >= 4 is 17.6 Å². The Bertz CT molecular complexity index is 530. The number of guanidine groups is 1. The van der Waals surface area contributed by atoms with E-state index in [1.54, 1.807) is 7.11 Å². The third-order valence-corrected chi connectivity index (χ3v) is 5.11. The van der Waals surface area contributed by atoms with Gasteiger partial charge in [-0.25, -0.2) is 0 Å². The fourth-order valence-electron chi connectivity index (χ4n) is 3.11. The van der Waals surface area contributed by atoms with Crippen molar-refractivity contribution < 1.29 is 4.74 Å². The molecular formula is C19H31ClN4O. The topological polar surface area (TPSA) is 48.9 Å². The summed E-state index contributed by atoms with van der Waals surface area (Å²) in [7, 11) is 3.58. The van der Waals surface area contributed by atoms with Gasteiger partial charge in [-0.15, -0.1) is 0 Å². The second kappa shape index (κ2) is 11.3. The quantitative estimate of drug-likeness (QED) is 0.548. The molecule has 0 saturated carbocycles. The molecule has 2 N–H and O–H groups in total. The van der Waals surface area contributed by atoms with Crippen LogP contribution in [-0.4, -0.2) is 64.3 Å². The third-order valence-electron chi connectivity index (χ3n) is 4.75. The number of likely N-dealkylation sites (tertiary alicyclic amines) is 1. The van der Waals surface area contributed by atoms with Crippen LogP contribution in [0.1, 0.15) is 18.4 Å². The fraction of sp³-hybridized carbons (Fsp3) is 0.632. The van der Waals surface area contributed by atoms with Crippen LogP contribution in [-0.2, 0) is 11.2 Å². The number of benzene rings is 1. The van der Waals surface area contributed by atoms with E-state index in [1.165, 1.54) is 12.8 Å². The highest BCUT2D eigenvalue weighted by Gasteiger charge is 2.18. The van der Waals surface area contributed by atoms with Crippen LogP contribution < -0.4 is 10.6 Å². The first-order valence-electron chi connectivity index (χ1n) is 9.12. The van der Waals surface area contributed by atoms with Crippen molar-refractivity contribution in [2.75, 3.05) is 53.5 Å². The number of rotatable bonds is 8. The zero-order chi connectivity index (χ0) is 17.9. The summed E-state index contributed by atoms with van der Waals surface area (Å²) in [6, 6.07) is 7.98. The lowest BCUT2D eigenvalue weighted by atomic mass is 9.97. The van der Waals surface area contributed by atoms with Crippen molar-refractivity contribution in [2.24, 2.45) is 10.9 Å². The number of nitrogens with zero attached hydrogens (tertiary/aromatic N) is 2. The lowest BCUT2D eigenvalue weighted by molar-refractivity contribution is 0.121. The van der Waals surface area contributed by atoms with Crippen LogP contribution in [0.2, 0.25) is 5.02 Å². The average molecular weight is 367 g/mol. The van der Waals surface area contributed by atoms with Crippen molar-refractivity contribution in [3.05, 3.63) is 34.9 Å². The normalized spacial score (nSPS) is 16.8. The van der Waals surface area contributed by atoms with Gasteiger partial charge in [-0.3, -0.25) is 4.99 Å². The first-order chi connectivity index (χ1) is 12.2. The van der Waals surface area contributed by atoms with Crippen molar-refractivity contribution in [2.45, 2.75) is 19.3 Å². The van der Waals surface area contributed by atoms with Gasteiger partial charge in [0.15, 0.2) is 5.96 Å². The summed E-state index contributed by atoms with van der Waals surface area (Å²) in [6.07, 6.45) is 3.35. The number of methoxy groups -OCH3 is 1. The van der Waals surface area contributed by atoms with E-state index in [9.17, 15) is 0 Å². The van der Waals surface area contributed by atoms with Gasteiger partial charge in [0.25, 0.3) is 0 Å². The molecule has 25 heavy (non-hydrogen) atoms. The van der Waals surface area contributed by atoms with E-state index in [2.05, 4.69) is 26.6 Å². The maximum atomic E-state index is 6.19. The Morgan fingerprint density at radius 1 is 1.28 bits per heavy atom. The smallest absolute Gasteiger partial charge is 0.190 e. The van der Waals surface area contributed by atoms with Gasteiger partial charge >= 0.3 is 0 Å². The number of aliphatic imine (C=N–C) groups is 1. The molecule has 0 atom stereocenters. The van der Waals surface area contributed by atoms with E-state index in [-0.39, 0.29) is 0 Å². The highest BCUT2D eigenvalue weighted by molar-refractivity contribution is 6.31. The third kappa shape index (κ3) is 7.22. The molecule has 0 unspecified atom stereocenters. The van der Waals surface area contributed by atoms with E-state index >= 15 is 0 Å². The average Bonchev–Trinajstić information content (AvgIpc) is 2.65. The Morgan fingerprint density at radius 3 is 2.72 bits per heavy atom. The molecule has 1 aliphatic heterocycles.